The van der Waals surface area contributed by atoms with Crippen LogP contribution in [0.25, 0.3) is 11.3 Å². The molecule has 0 aliphatic rings. The summed E-state index contributed by atoms with van der Waals surface area (Å²) >= 11 is 11.7. The van der Waals surface area contributed by atoms with Crippen LogP contribution in [0.2, 0.25) is 10.0 Å². The molecule has 1 aromatic carbocycles. The molecular formula is C12H8Cl2FNO. The lowest BCUT2D eigenvalue weighted by Gasteiger charge is -2.05. The van der Waals surface area contributed by atoms with E-state index in [-0.39, 0.29) is 12.3 Å². The van der Waals surface area contributed by atoms with Gasteiger partial charge in [-0.15, -0.1) is 0 Å². The largest absolute Gasteiger partial charge is 0.392 e. The van der Waals surface area contributed by atoms with E-state index in [4.69, 9.17) is 28.3 Å². The Morgan fingerprint density at radius 2 is 1.76 bits per heavy atom. The maximum atomic E-state index is 13.7. The van der Waals surface area contributed by atoms with Crippen molar-refractivity contribution in [2.24, 2.45) is 0 Å². The average molecular weight is 272 g/mol. The van der Waals surface area contributed by atoms with Crippen LogP contribution in [0, 0.1) is 5.82 Å². The SMILES string of the molecule is OCc1cnc(-c2cc(Cl)cc(Cl)c2)c(F)c1. The topological polar surface area (TPSA) is 33.1 Å². The van der Waals surface area contributed by atoms with Crippen LogP contribution >= 0.6 is 23.2 Å². The molecule has 17 heavy (non-hydrogen) atoms. The van der Waals surface area contributed by atoms with Gasteiger partial charge in [0, 0.05) is 21.8 Å². The standard InChI is InChI=1S/C12H8Cl2FNO/c13-9-2-8(3-10(14)4-9)12-11(15)1-7(6-17)5-16-12/h1-5,17H,6H2. The lowest BCUT2D eigenvalue weighted by Crippen LogP contribution is -1.93. The number of rotatable bonds is 2. The van der Waals surface area contributed by atoms with E-state index in [0.717, 1.165) is 0 Å². The quantitative estimate of drug-likeness (QED) is 0.904. The number of hydrogen-bond acceptors (Lipinski definition) is 2. The van der Waals surface area contributed by atoms with Gasteiger partial charge in [-0.3, -0.25) is 4.98 Å². The Balaban J connectivity index is 2.52. The number of aliphatic hydroxyl groups is 1. The highest BCUT2D eigenvalue weighted by Crippen LogP contribution is 2.27. The number of halogens is 3. The molecular weight excluding hydrogens is 264 g/mol. The van der Waals surface area contributed by atoms with Crippen LogP contribution in [0.4, 0.5) is 4.39 Å². The molecule has 1 N–H and O–H groups in total. The third-order valence-electron chi connectivity index (χ3n) is 2.22. The van der Waals surface area contributed by atoms with Crippen molar-refractivity contribution in [2.75, 3.05) is 0 Å². The van der Waals surface area contributed by atoms with Crippen LogP contribution in [0.1, 0.15) is 5.56 Å². The number of aromatic nitrogens is 1. The Bertz CT molecular complexity index is 540. The van der Waals surface area contributed by atoms with Gasteiger partial charge in [-0.05, 0) is 29.8 Å². The van der Waals surface area contributed by atoms with Crippen molar-refractivity contribution in [1.82, 2.24) is 4.98 Å². The minimum atomic E-state index is -0.519. The number of pyridine rings is 1. The fraction of sp³-hybridized carbons (Fsp3) is 0.0833. The zero-order valence-corrected chi connectivity index (χ0v) is 10.1. The van der Waals surface area contributed by atoms with Gasteiger partial charge >= 0.3 is 0 Å². The monoisotopic (exact) mass is 271 g/mol. The molecule has 0 radical (unpaired) electrons. The molecule has 0 fully saturated rings. The molecule has 88 valence electrons. The van der Waals surface area contributed by atoms with Crippen LogP contribution < -0.4 is 0 Å². The Morgan fingerprint density at radius 1 is 1.12 bits per heavy atom. The third kappa shape index (κ3) is 2.75. The smallest absolute Gasteiger partial charge is 0.149 e. The fourth-order valence-corrected chi connectivity index (χ4v) is 1.99. The van der Waals surface area contributed by atoms with Crippen molar-refractivity contribution >= 4 is 23.2 Å². The summed E-state index contributed by atoms with van der Waals surface area (Å²) < 4.78 is 13.7. The maximum Gasteiger partial charge on any atom is 0.149 e. The first kappa shape index (κ1) is 12.3. The summed E-state index contributed by atoms with van der Waals surface area (Å²) in [6, 6.07) is 5.96. The van der Waals surface area contributed by atoms with E-state index in [0.29, 0.717) is 21.2 Å². The molecule has 0 aliphatic carbocycles. The lowest BCUT2D eigenvalue weighted by molar-refractivity contribution is 0.280. The Labute approximate surface area is 108 Å². The minimum absolute atomic E-state index is 0.159. The predicted molar refractivity (Wildman–Crippen MR) is 65.6 cm³/mol. The van der Waals surface area contributed by atoms with Gasteiger partial charge in [0.25, 0.3) is 0 Å². The van der Waals surface area contributed by atoms with Gasteiger partial charge in [-0.1, -0.05) is 23.2 Å². The molecule has 0 aliphatic heterocycles. The highest BCUT2D eigenvalue weighted by atomic mass is 35.5. The summed E-state index contributed by atoms with van der Waals surface area (Å²) in [5, 5.41) is 9.70. The van der Waals surface area contributed by atoms with Crippen molar-refractivity contribution in [2.45, 2.75) is 6.61 Å². The van der Waals surface area contributed by atoms with Gasteiger partial charge in [0.2, 0.25) is 0 Å². The van der Waals surface area contributed by atoms with E-state index in [2.05, 4.69) is 4.98 Å². The number of hydrogen-bond donors (Lipinski definition) is 1. The van der Waals surface area contributed by atoms with Crippen molar-refractivity contribution in [1.29, 1.82) is 0 Å². The summed E-state index contributed by atoms with van der Waals surface area (Å²) in [4.78, 5) is 3.95. The van der Waals surface area contributed by atoms with E-state index in [1.54, 1.807) is 18.2 Å². The van der Waals surface area contributed by atoms with Crippen LogP contribution in [0.15, 0.2) is 30.5 Å². The summed E-state index contributed by atoms with van der Waals surface area (Å²) in [6.45, 7) is -0.250. The van der Waals surface area contributed by atoms with E-state index in [1.165, 1.54) is 12.3 Å². The number of nitrogens with zero attached hydrogens (tertiary/aromatic N) is 1. The second-order valence-electron chi connectivity index (χ2n) is 3.49. The highest BCUT2D eigenvalue weighted by Gasteiger charge is 2.09. The van der Waals surface area contributed by atoms with Crippen molar-refractivity contribution in [3.05, 3.63) is 51.9 Å². The van der Waals surface area contributed by atoms with Gasteiger partial charge in [0.15, 0.2) is 0 Å². The third-order valence-corrected chi connectivity index (χ3v) is 2.65. The molecule has 2 aromatic rings. The summed E-state index contributed by atoms with van der Waals surface area (Å²) in [5.41, 5.74) is 1.08. The molecule has 0 unspecified atom stereocenters. The van der Waals surface area contributed by atoms with Gasteiger partial charge in [0.1, 0.15) is 11.5 Å². The van der Waals surface area contributed by atoms with E-state index in [9.17, 15) is 4.39 Å². The molecule has 0 saturated heterocycles. The lowest BCUT2D eigenvalue weighted by atomic mass is 10.1. The second kappa shape index (κ2) is 5.00. The molecule has 0 atom stereocenters. The number of aliphatic hydroxyl groups excluding tert-OH is 1. The van der Waals surface area contributed by atoms with Gasteiger partial charge in [-0.2, -0.15) is 0 Å². The van der Waals surface area contributed by atoms with E-state index < -0.39 is 5.82 Å². The van der Waals surface area contributed by atoms with Gasteiger partial charge < -0.3 is 5.11 Å². The molecule has 2 rings (SSSR count). The normalized spacial score (nSPS) is 10.6. The van der Waals surface area contributed by atoms with Crippen molar-refractivity contribution in [3.63, 3.8) is 0 Å². The zero-order chi connectivity index (χ0) is 12.4. The predicted octanol–water partition coefficient (Wildman–Crippen LogP) is 3.69. The van der Waals surface area contributed by atoms with Crippen LogP contribution in [-0.4, -0.2) is 10.1 Å². The summed E-state index contributed by atoms with van der Waals surface area (Å²) in [6.07, 6.45) is 1.41. The van der Waals surface area contributed by atoms with Crippen molar-refractivity contribution < 1.29 is 9.50 Å². The van der Waals surface area contributed by atoms with Gasteiger partial charge in [-0.25, -0.2) is 4.39 Å². The molecule has 1 aromatic heterocycles. The first-order valence-corrected chi connectivity index (χ1v) is 5.57. The minimum Gasteiger partial charge on any atom is -0.392 e. The van der Waals surface area contributed by atoms with Crippen molar-refractivity contribution in [3.8, 4) is 11.3 Å². The molecule has 0 spiro atoms. The molecule has 2 nitrogen and oxygen atoms in total. The van der Waals surface area contributed by atoms with Gasteiger partial charge in [0.05, 0.1) is 6.61 Å². The highest BCUT2D eigenvalue weighted by molar-refractivity contribution is 6.35. The molecule has 1 heterocycles. The molecule has 0 bridgehead atoms. The van der Waals surface area contributed by atoms with Crippen LogP contribution in [0.3, 0.4) is 0 Å². The Hall–Kier alpha value is -1.16. The van der Waals surface area contributed by atoms with E-state index in [1.807, 2.05) is 0 Å². The van der Waals surface area contributed by atoms with E-state index >= 15 is 0 Å². The fourth-order valence-electron chi connectivity index (χ4n) is 1.47. The number of benzene rings is 1. The summed E-state index contributed by atoms with van der Waals surface area (Å²) in [7, 11) is 0. The molecule has 0 saturated carbocycles. The zero-order valence-electron chi connectivity index (χ0n) is 8.62. The van der Waals surface area contributed by atoms with Crippen LogP contribution in [0.5, 0.6) is 0 Å². The summed E-state index contributed by atoms with van der Waals surface area (Å²) in [5.74, 6) is -0.519. The molecule has 5 heteroatoms. The average Bonchev–Trinajstić information content (AvgIpc) is 2.27. The Kier molecular flexibility index (Phi) is 3.62. The Morgan fingerprint density at radius 3 is 2.29 bits per heavy atom. The first-order chi connectivity index (χ1) is 8.10. The van der Waals surface area contributed by atoms with Crippen LogP contribution in [-0.2, 0) is 6.61 Å². The molecule has 0 amide bonds. The first-order valence-electron chi connectivity index (χ1n) is 4.82. The maximum absolute atomic E-state index is 13.7. The second-order valence-corrected chi connectivity index (χ2v) is 4.36.